The van der Waals surface area contributed by atoms with Gasteiger partial charge in [-0.25, -0.2) is 0 Å². The number of hydrogen-bond donors (Lipinski definition) is 1. The van der Waals surface area contributed by atoms with Gasteiger partial charge < -0.3 is 10.1 Å². The zero-order valence-electron chi connectivity index (χ0n) is 11.3. The Kier molecular flexibility index (Phi) is 4.56. The summed E-state index contributed by atoms with van der Waals surface area (Å²) >= 11 is 3.62. The first kappa shape index (κ1) is 14.0. The highest BCUT2D eigenvalue weighted by atomic mass is 79.9. The molecule has 1 aromatic carbocycles. The Morgan fingerprint density at radius 3 is 2.74 bits per heavy atom. The number of nitrogens with zero attached hydrogens (tertiary/aromatic N) is 1. The van der Waals surface area contributed by atoms with Gasteiger partial charge in [-0.15, -0.1) is 0 Å². The first-order valence-electron chi connectivity index (χ1n) is 6.09. The van der Waals surface area contributed by atoms with Crippen molar-refractivity contribution >= 4 is 15.9 Å². The molecule has 0 spiro atoms. The van der Waals surface area contributed by atoms with Crippen molar-refractivity contribution in [3.63, 3.8) is 0 Å². The van der Waals surface area contributed by atoms with Crippen molar-refractivity contribution in [1.82, 2.24) is 10.3 Å². The second-order valence-electron chi connectivity index (χ2n) is 4.34. The summed E-state index contributed by atoms with van der Waals surface area (Å²) < 4.78 is 6.46. The third-order valence-corrected chi connectivity index (χ3v) is 3.74. The van der Waals surface area contributed by atoms with Gasteiger partial charge in [-0.2, -0.15) is 0 Å². The summed E-state index contributed by atoms with van der Waals surface area (Å²) in [6.45, 7) is 2.07. The summed E-state index contributed by atoms with van der Waals surface area (Å²) in [5, 5.41) is 3.30. The van der Waals surface area contributed by atoms with Crippen LogP contribution in [0.1, 0.15) is 22.9 Å². The Bertz CT molecular complexity index is 572. The van der Waals surface area contributed by atoms with E-state index in [1.807, 2.05) is 19.2 Å². The van der Waals surface area contributed by atoms with Gasteiger partial charge in [-0.05, 0) is 43.3 Å². The van der Waals surface area contributed by atoms with Gasteiger partial charge in [0.25, 0.3) is 0 Å². The number of rotatable bonds is 4. The summed E-state index contributed by atoms with van der Waals surface area (Å²) in [7, 11) is 3.59. The number of aryl methyl sites for hydroxylation is 1. The third-order valence-electron chi connectivity index (χ3n) is 3.05. The van der Waals surface area contributed by atoms with Crippen LogP contribution in [0.25, 0.3) is 0 Å². The van der Waals surface area contributed by atoms with Gasteiger partial charge in [-0.1, -0.05) is 28.1 Å². The average molecular weight is 321 g/mol. The van der Waals surface area contributed by atoms with E-state index in [-0.39, 0.29) is 6.04 Å². The predicted molar refractivity (Wildman–Crippen MR) is 80.6 cm³/mol. The first-order chi connectivity index (χ1) is 9.17. The molecular formula is C15H17BrN2O. The lowest BCUT2D eigenvalue weighted by Crippen LogP contribution is -2.20. The zero-order valence-corrected chi connectivity index (χ0v) is 12.9. The zero-order chi connectivity index (χ0) is 13.8. The van der Waals surface area contributed by atoms with Crippen molar-refractivity contribution in [2.45, 2.75) is 13.0 Å². The molecule has 3 nitrogen and oxygen atoms in total. The number of benzene rings is 1. The van der Waals surface area contributed by atoms with Gasteiger partial charge in [-0.3, -0.25) is 4.98 Å². The molecule has 2 rings (SSSR count). The molecule has 1 heterocycles. The molecule has 0 saturated carbocycles. The average Bonchev–Trinajstić information content (AvgIpc) is 2.42. The molecule has 1 aromatic heterocycles. The normalized spacial score (nSPS) is 12.2. The lowest BCUT2D eigenvalue weighted by Gasteiger charge is -2.20. The minimum Gasteiger partial charge on any atom is -0.495 e. The maximum absolute atomic E-state index is 5.40. The molecule has 0 radical (unpaired) electrons. The Morgan fingerprint density at radius 2 is 2.11 bits per heavy atom. The van der Waals surface area contributed by atoms with E-state index < -0.39 is 0 Å². The van der Waals surface area contributed by atoms with Crippen molar-refractivity contribution < 1.29 is 4.74 Å². The van der Waals surface area contributed by atoms with Crippen LogP contribution in [0.2, 0.25) is 0 Å². The minimum atomic E-state index is -0.00822. The summed E-state index contributed by atoms with van der Waals surface area (Å²) in [5.41, 5.74) is 3.25. The van der Waals surface area contributed by atoms with Gasteiger partial charge in [0.1, 0.15) is 11.4 Å². The van der Waals surface area contributed by atoms with Crippen LogP contribution in [0.5, 0.6) is 5.75 Å². The first-order valence-corrected chi connectivity index (χ1v) is 6.89. The Morgan fingerprint density at radius 1 is 1.32 bits per heavy atom. The van der Waals surface area contributed by atoms with Crippen LogP contribution in [-0.4, -0.2) is 19.1 Å². The Labute approximate surface area is 122 Å². The SMILES string of the molecule is CNC(c1ccc(C)cc1Br)c1ncccc1OC. The van der Waals surface area contributed by atoms with Gasteiger partial charge in [0.15, 0.2) is 0 Å². The maximum Gasteiger partial charge on any atom is 0.142 e. The van der Waals surface area contributed by atoms with E-state index in [9.17, 15) is 0 Å². The molecule has 0 amide bonds. The van der Waals surface area contributed by atoms with Crippen LogP contribution >= 0.6 is 15.9 Å². The van der Waals surface area contributed by atoms with Crippen LogP contribution in [0.15, 0.2) is 41.0 Å². The number of hydrogen-bond acceptors (Lipinski definition) is 3. The minimum absolute atomic E-state index is 0.00822. The van der Waals surface area contributed by atoms with Crippen LogP contribution < -0.4 is 10.1 Å². The molecule has 1 atom stereocenters. The summed E-state index contributed by atoms with van der Waals surface area (Å²) in [6, 6.07) is 10.1. The van der Waals surface area contributed by atoms with Crippen molar-refractivity contribution in [3.8, 4) is 5.75 Å². The Hall–Kier alpha value is -1.39. The topological polar surface area (TPSA) is 34.2 Å². The predicted octanol–water partition coefficient (Wildman–Crippen LogP) is 3.47. The lowest BCUT2D eigenvalue weighted by atomic mass is 10.0. The number of ether oxygens (including phenoxy) is 1. The summed E-state index contributed by atoms with van der Waals surface area (Å²) in [6.07, 6.45) is 1.78. The molecule has 4 heteroatoms. The monoisotopic (exact) mass is 320 g/mol. The molecule has 1 N–H and O–H groups in total. The van der Waals surface area contributed by atoms with Crippen molar-refractivity contribution in [2.24, 2.45) is 0 Å². The van der Waals surface area contributed by atoms with E-state index in [1.165, 1.54) is 5.56 Å². The van der Waals surface area contributed by atoms with Gasteiger partial charge >= 0.3 is 0 Å². The molecule has 0 fully saturated rings. The van der Waals surface area contributed by atoms with Crippen LogP contribution in [-0.2, 0) is 0 Å². The molecule has 1 unspecified atom stereocenters. The van der Waals surface area contributed by atoms with E-state index in [0.29, 0.717) is 0 Å². The van der Waals surface area contributed by atoms with Crippen LogP contribution in [0.3, 0.4) is 0 Å². The summed E-state index contributed by atoms with van der Waals surface area (Å²) in [4.78, 5) is 4.45. The number of halogens is 1. The number of nitrogens with one attached hydrogen (secondary N) is 1. The largest absolute Gasteiger partial charge is 0.495 e. The fourth-order valence-corrected chi connectivity index (χ4v) is 2.82. The molecule has 0 aliphatic rings. The maximum atomic E-state index is 5.40. The standard InChI is InChI=1S/C15H17BrN2O/c1-10-6-7-11(12(16)9-10)14(17-2)15-13(19-3)5-4-8-18-15/h4-9,14,17H,1-3H3. The lowest BCUT2D eigenvalue weighted by molar-refractivity contribution is 0.401. The smallest absolute Gasteiger partial charge is 0.142 e. The fourth-order valence-electron chi connectivity index (χ4n) is 2.10. The van der Waals surface area contributed by atoms with Crippen LogP contribution in [0, 0.1) is 6.92 Å². The molecule has 0 bridgehead atoms. The van der Waals surface area contributed by atoms with E-state index in [0.717, 1.165) is 21.5 Å². The quantitative estimate of drug-likeness (QED) is 0.936. The summed E-state index contributed by atoms with van der Waals surface area (Å²) in [5.74, 6) is 0.786. The molecule has 0 aliphatic carbocycles. The van der Waals surface area contributed by atoms with Crippen molar-refractivity contribution in [2.75, 3.05) is 14.2 Å². The second-order valence-corrected chi connectivity index (χ2v) is 5.19. The number of aromatic nitrogens is 1. The van der Waals surface area contributed by atoms with Gasteiger partial charge in [0.05, 0.1) is 13.2 Å². The number of methoxy groups -OCH3 is 1. The molecular weight excluding hydrogens is 304 g/mol. The number of pyridine rings is 1. The highest BCUT2D eigenvalue weighted by molar-refractivity contribution is 9.10. The molecule has 100 valence electrons. The van der Waals surface area contributed by atoms with Crippen molar-refractivity contribution in [1.29, 1.82) is 0 Å². The van der Waals surface area contributed by atoms with Crippen molar-refractivity contribution in [3.05, 3.63) is 57.8 Å². The third kappa shape index (κ3) is 2.96. The molecule has 19 heavy (non-hydrogen) atoms. The van der Waals surface area contributed by atoms with E-state index >= 15 is 0 Å². The molecule has 0 aliphatic heterocycles. The fraction of sp³-hybridized carbons (Fsp3) is 0.267. The second kappa shape index (κ2) is 6.17. The molecule has 0 saturated heterocycles. The van der Waals surface area contributed by atoms with E-state index in [1.54, 1.807) is 13.3 Å². The highest BCUT2D eigenvalue weighted by Crippen LogP contribution is 2.32. The van der Waals surface area contributed by atoms with Crippen LogP contribution in [0.4, 0.5) is 0 Å². The van der Waals surface area contributed by atoms with Gasteiger partial charge in [0.2, 0.25) is 0 Å². The van der Waals surface area contributed by atoms with E-state index in [4.69, 9.17) is 4.74 Å². The van der Waals surface area contributed by atoms with Gasteiger partial charge in [0, 0.05) is 10.7 Å². The van der Waals surface area contributed by atoms with E-state index in [2.05, 4.69) is 51.4 Å². The Balaban J connectivity index is 2.50. The molecule has 2 aromatic rings. The highest BCUT2D eigenvalue weighted by Gasteiger charge is 2.19.